The number of hydrogen-bond donors (Lipinski definition) is 3. The number of hydrazine groups is 1. The van der Waals surface area contributed by atoms with Gasteiger partial charge in [0.1, 0.15) is 5.60 Å². The van der Waals surface area contributed by atoms with Crippen LogP contribution in [0.15, 0.2) is 24.3 Å². The molecule has 3 N–H and O–H groups in total. The Morgan fingerprint density at radius 3 is 2.36 bits per heavy atom. The van der Waals surface area contributed by atoms with Gasteiger partial charge in [-0.2, -0.15) is 8.78 Å². The Labute approximate surface area is 123 Å². The van der Waals surface area contributed by atoms with Crippen LogP contribution in [-0.4, -0.2) is 33.4 Å². The molecule has 0 saturated heterocycles. The van der Waals surface area contributed by atoms with E-state index in [0.29, 0.717) is 0 Å². The molecule has 2 amide bonds. The predicted molar refractivity (Wildman–Crippen MR) is 70.0 cm³/mol. The average molecular weight is 317 g/mol. The number of alkyl halides is 2. The second-order valence-electron chi connectivity index (χ2n) is 4.85. The van der Waals surface area contributed by atoms with Crippen molar-refractivity contribution in [2.45, 2.75) is 25.4 Å². The molecule has 0 radical (unpaired) electrons. The first-order valence-corrected chi connectivity index (χ1v) is 5.92. The third kappa shape index (κ3) is 3.73. The van der Waals surface area contributed by atoms with Crippen molar-refractivity contribution in [2.75, 3.05) is 0 Å². The van der Waals surface area contributed by atoms with Gasteiger partial charge in [0.2, 0.25) is 0 Å². The molecule has 0 atom stereocenters. The first kappa shape index (κ1) is 17.4. The van der Waals surface area contributed by atoms with E-state index in [1.165, 1.54) is 17.6 Å². The summed E-state index contributed by atoms with van der Waals surface area (Å²) in [6.07, 6.45) is 0. The minimum absolute atomic E-state index is 0.207. The van der Waals surface area contributed by atoms with Gasteiger partial charge in [-0.25, -0.2) is 0 Å². The SMILES string of the molecule is CC(C)(O)C(F)(F)C(=O)NNC(=O)c1cccc([N+](=O)[O-])c1. The van der Waals surface area contributed by atoms with Crippen molar-refractivity contribution < 1.29 is 28.4 Å². The van der Waals surface area contributed by atoms with Gasteiger partial charge >= 0.3 is 11.8 Å². The summed E-state index contributed by atoms with van der Waals surface area (Å²) in [5.41, 5.74) is -0.0642. The van der Waals surface area contributed by atoms with E-state index in [1.54, 1.807) is 5.43 Å². The summed E-state index contributed by atoms with van der Waals surface area (Å²) in [4.78, 5) is 32.7. The van der Waals surface area contributed by atoms with E-state index in [2.05, 4.69) is 0 Å². The van der Waals surface area contributed by atoms with Crippen molar-refractivity contribution >= 4 is 17.5 Å². The highest BCUT2D eigenvalue weighted by molar-refractivity contribution is 5.96. The zero-order valence-electron chi connectivity index (χ0n) is 11.6. The highest BCUT2D eigenvalue weighted by atomic mass is 19.3. The maximum atomic E-state index is 13.4. The number of aliphatic hydroxyl groups is 1. The van der Waals surface area contributed by atoms with Crippen molar-refractivity contribution in [3.63, 3.8) is 0 Å². The molecule has 8 nitrogen and oxygen atoms in total. The quantitative estimate of drug-likeness (QED) is 0.559. The van der Waals surface area contributed by atoms with Gasteiger partial charge < -0.3 is 5.11 Å². The molecule has 22 heavy (non-hydrogen) atoms. The van der Waals surface area contributed by atoms with Gasteiger partial charge in [0.25, 0.3) is 11.6 Å². The smallest absolute Gasteiger partial charge is 0.353 e. The summed E-state index contributed by atoms with van der Waals surface area (Å²) in [6, 6.07) is 4.47. The Kier molecular flexibility index (Phi) is 4.77. The number of carbonyl (C=O) groups excluding carboxylic acids is 2. The van der Waals surface area contributed by atoms with E-state index in [9.17, 15) is 33.6 Å². The zero-order valence-corrected chi connectivity index (χ0v) is 11.6. The number of nitro benzene ring substituents is 1. The second-order valence-corrected chi connectivity index (χ2v) is 4.85. The molecule has 0 bridgehead atoms. The topological polar surface area (TPSA) is 122 Å². The lowest BCUT2D eigenvalue weighted by atomic mass is 10.0. The maximum absolute atomic E-state index is 13.4. The number of rotatable bonds is 4. The normalized spacial score (nSPS) is 11.7. The Hall–Kier alpha value is -2.62. The number of nitrogens with one attached hydrogen (secondary N) is 2. The van der Waals surface area contributed by atoms with Crippen LogP contribution in [0.3, 0.4) is 0 Å². The summed E-state index contributed by atoms with van der Waals surface area (Å²) in [7, 11) is 0. The minimum atomic E-state index is -4.15. The first-order valence-electron chi connectivity index (χ1n) is 5.92. The molecule has 0 heterocycles. The molecule has 10 heteroatoms. The van der Waals surface area contributed by atoms with Crippen molar-refractivity contribution in [2.24, 2.45) is 0 Å². The van der Waals surface area contributed by atoms with Crippen LogP contribution in [0.2, 0.25) is 0 Å². The molecule has 1 aromatic rings. The molecule has 0 aliphatic rings. The maximum Gasteiger partial charge on any atom is 0.353 e. The van der Waals surface area contributed by atoms with Crippen LogP contribution in [0.4, 0.5) is 14.5 Å². The van der Waals surface area contributed by atoms with E-state index >= 15 is 0 Å². The van der Waals surface area contributed by atoms with Crippen LogP contribution in [0, 0.1) is 10.1 Å². The summed E-state index contributed by atoms with van der Waals surface area (Å²) in [5, 5.41) is 19.8. The first-order chi connectivity index (χ1) is 9.96. The van der Waals surface area contributed by atoms with E-state index in [0.717, 1.165) is 26.0 Å². The van der Waals surface area contributed by atoms with Crippen LogP contribution in [0.5, 0.6) is 0 Å². The molecule has 0 unspecified atom stereocenters. The van der Waals surface area contributed by atoms with Gasteiger partial charge in [-0.3, -0.25) is 30.6 Å². The molecule has 0 saturated carbocycles. The van der Waals surface area contributed by atoms with Gasteiger partial charge in [0, 0.05) is 17.7 Å². The van der Waals surface area contributed by atoms with Crippen molar-refractivity contribution in [1.82, 2.24) is 10.9 Å². The van der Waals surface area contributed by atoms with Gasteiger partial charge in [0.05, 0.1) is 4.92 Å². The molecular formula is C12H13F2N3O5. The highest BCUT2D eigenvalue weighted by Crippen LogP contribution is 2.27. The Balaban J connectivity index is 2.77. The van der Waals surface area contributed by atoms with Crippen LogP contribution in [-0.2, 0) is 4.79 Å². The molecular weight excluding hydrogens is 304 g/mol. The van der Waals surface area contributed by atoms with Crippen LogP contribution in [0.25, 0.3) is 0 Å². The summed E-state index contributed by atoms with van der Waals surface area (Å²) >= 11 is 0. The number of hydrogen-bond acceptors (Lipinski definition) is 5. The molecule has 1 rings (SSSR count). The van der Waals surface area contributed by atoms with Crippen LogP contribution < -0.4 is 10.9 Å². The highest BCUT2D eigenvalue weighted by Gasteiger charge is 2.52. The van der Waals surface area contributed by atoms with Crippen molar-refractivity contribution in [3.05, 3.63) is 39.9 Å². The number of amides is 2. The number of nitro groups is 1. The number of nitrogens with zero attached hydrogens (tertiary/aromatic N) is 1. The second kappa shape index (κ2) is 6.02. The monoisotopic (exact) mass is 317 g/mol. The molecule has 0 aliphatic carbocycles. The van der Waals surface area contributed by atoms with E-state index < -0.39 is 28.3 Å². The molecule has 0 fully saturated rings. The fourth-order valence-corrected chi connectivity index (χ4v) is 1.30. The Bertz CT molecular complexity index is 613. The molecule has 1 aromatic carbocycles. The molecule has 0 spiro atoms. The lowest BCUT2D eigenvalue weighted by molar-refractivity contribution is -0.384. The van der Waals surface area contributed by atoms with Gasteiger partial charge in [-0.1, -0.05) is 6.07 Å². The summed E-state index contributed by atoms with van der Waals surface area (Å²) in [5.74, 6) is -7.09. The molecule has 120 valence electrons. The largest absolute Gasteiger partial charge is 0.384 e. The van der Waals surface area contributed by atoms with Gasteiger partial charge in [0.15, 0.2) is 0 Å². The van der Waals surface area contributed by atoms with Gasteiger partial charge in [-0.15, -0.1) is 0 Å². The predicted octanol–water partition coefficient (Wildman–Crippen LogP) is 0.762. The standard InChI is InChI=1S/C12H13F2N3O5/c1-11(2,20)12(13,14)10(19)16-15-9(18)7-4-3-5-8(6-7)17(21)22/h3-6,20H,1-2H3,(H,15,18)(H,16,19). The Morgan fingerprint density at radius 1 is 1.27 bits per heavy atom. The van der Waals surface area contributed by atoms with E-state index in [4.69, 9.17) is 0 Å². The number of carbonyl (C=O) groups is 2. The lowest BCUT2D eigenvalue weighted by Crippen LogP contribution is -2.57. The minimum Gasteiger partial charge on any atom is -0.384 e. The lowest BCUT2D eigenvalue weighted by Gasteiger charge is -2.27. The number of halogens is 2. The summed E-state index contributed by atoms with van der Waals surface area (Å²) in [6.45, 7) is 1.46. The fraction of sp³-hybridized carbons (Fsp3) is 0.333. The van der Waals surface area contributed by atoms with Crippen molar-refractivity contribution in [3.8, 4) is 0 Å². The van der Waals surface area contributed by atoms with Gasteiger partial charge in [-0.05, 0) is 19.9 Å². The third-order valence-corrected chi connectivity index (χ3v) is 2.66. The van der Waals surface area contributed by atoms with Crippen molar-refractivity contribution in [1.29, 1.82) is 0 Å². The molecule has 0 aliphatic heterocycles. The fourth-order valence-electron chi connectivity index (χ4n) is 1.30. The zero-order chi connectivity index (χ0) is 17.1. The van der Waals surface area contributed by atoms with Crippen LogP contribution in [0.1, 0.15) is 24.2 Å². The molecule has 0 aromatic heterocycles. The number of benzene rings is 1. The number of non-ortho nitro benzene ring substituents is 1. The third-order valence-electron chi connectivity index (χ3n) is 2.66. The Morgan fingerprint density at radius 2 is 1.86 bits per heavy atom. The average Bonchev–Trinajstić information content (AvgIpc) is 2.43. The van der Waals surface area contributed by atoms with Crippen LogP contribution >= 0.6 is 0 Å². The van der Waals surface area contributed by atoms with E-state index in [-0.39, 0.29) is 11.3 Å². The summed E-state index contributed by atoms with van der Waals surface area (Å²) < 4.78 is 26.9. The van der Waals surface area contributed by atoms with E-state index in [1.807, 2.05) is 0 Å².